The van der Waals surface area contributed by atoms with Gasteiger partial charge in [-0.2, -0.15) is 0 Å². The SMILES string of the molecule is CCCCN1CC(NC2CCCCC2)CC(C(O)CC)C1. The molecule has 1 aliphatic heterocycles. The van der Waals surface area contributed by atoms with Crippen molar-refractivity contribution >= 4 is 0 Å². The Kier molecular flexibility index (Phi) is 7.48. The van der Waals surface area contributed by atoms with E-state index < -0.39 is 0 Å². The van der Waals surface area contributed by atoms with Gasteiger partial charge in [0, 0.05) is 25.2 Å². The molecule has 124 valence electrons. The molecule has 2 aliphatic rings. The first-order valence-corrected chi connectivity index (χ1v) is 9.39. The van der Waals surface area contributed by atoms with E-state index >= 15 is 0 Å². The Morgan fingerprint density at radius 3 is 2.52 bits per heavy atom. The van der Waals surface area contributed by atoms with E-state index in [2.05, 4.69) is 24.1 Å². The number of aliphatic hydroxyl groups excluding tert-OH is 1. The average Bonchev–Trinajstić information content (AvgIpc) is 2.53. The fraction of sp³-hybridized carbons (Fsp3) is 1.00. The molecule has 0 aromatic heterocycles. The highest BCUT2D eigenvalue weighted by Gasteiger charge is 2.31. The molecular weight excluding hydrogens is 260 g/mol. The maximum Gasteiger partial charge on any atom is 0.0578 e. The number of rotatable bonds is 7. The molecule has 3 heteroatoms. The number of nitrogens with zero attached hydrogens (tertiary/aromatic N) is 1. The molecule has 0 amide bonds. The van der Waals surface area contributed by atoms with Gasteiger partial charge in [-0.25, -0.2) is 0 Å². The van der Waals surface area contributed by atoms with Crippen LogP contribution in [-0.4, -0.2) is 47.8 Å². The van der Waals surface area contributed by atoms with E-state index in [4.69, 9.17) is 0 Å². The van der Waals surface area contributed by atoms with E-state index in [9.17, 15) is 5.11 Å². The summed E-state index contributed by atoms with van der Waals surface area (Å²) in [7, 11) is 0. The second kappa shape index (κ2) is 9.12. The van der Waals surface area contributed by atoms with Crippen LogP contribution in [0.1, 0.15) is 71.6 Å². The maximum absolute atomic E-state index is 10.3. The van der Waals surface area contributed by atoms with Gasteiger partial charge in [0.25, 0.3) is 0 Å². The topological polar surface area (TPSA) is 35.5 Å². The van der Waals surface area contributed by atoms with Crippen molar-refractivity contribution in [1.82, 2.24) is 10.2 Å². The van der Waals surface area contributed by atoms with Gasteiger partial charge in [0.05, 0.1) is 6.10 Å². The minimum Gasteiger partial charge on any atom is -0.393 e. The lowest BCUT2D eigenvalue weighted by atomic mass is 9.87. The molecule has 0 aromatic carbocycles. The fourth-order valence-corrected chi connectivity index (χ4v) is 4.13. The summed E-state index contributed by atoms with van der Waals surface area (Å²) in [5.74, 6) is 0.460. The lowest BCUT2D eigenvalue weighted by Crippen LogP contribution is -2.54. The smallest absolute Gasteiger partial charge is 0.0578 e. The normalized spacial score (nSPS) is 30.4. The number of nitrogens with one attached hydrogen (secondary N) is 1. The van der Waals surface area contributed by atoms with Crippen LogP contribution in [-0.2, 0) is 0 Å². The highest BCUT2D eigenvalue weighted by Crippen LogP contribution is 2.25. The van der Waals surface area contributed by atoms with Gasteiger partial charge in [0.15, 0.2) is 0 Å². The van der Waals surface area contributed by atoms with Crippen molar-refractivity contribution in [3.05, 3.63) is 0 Å². The summed E-state index contributed by atoms with van der Waals surface area (Å²) in [5.41, 5.74) is 0. The molecule has 0 spiro atoms. The number of hydrogen-bond acceptors (Lipinski definition) is 3. The molecule has 0 bridgehead atoms. The van der Waals surface area contributed by atoms with E-state index in [-0.39, 0.29) is 6.10 Å². The van der Waals surface area contributed by atoms with Gasteiger partial charge >= 0.3 is 0 Å². The fourth-order valence-electron chi connectivity index (χ4n) is 4.13. The number of aliphatic hydroxyl groups is 1. The molecule has 1 aliphatic carbocycles. The highest BCUT2D eigenvalue weighted by atomic mass is 16.3. The molecule has 3 unspecified atom stereocenters. The first-order chi connectivity index (χ1) is 10.2. The Bertz CT molecular complexity index is 276. The van der Waals surface area contributed by atoms with E-state index in [0.29, 0.717) is 12.0 Å². The Hall–Kier alpha value is -0.120. The average molecular weight is 296 g/mol. The number of piperidine rings is 1. The van der Waals surface area contributed by atoms with Crippen molar-refractivity contribution in [3.63, 3.8) is 0 Å². The van der Waals surface area contributed by atoms with E-state index in [1.807, 2.05) is 0 Å². The third-order valence-electron chi connectivity index (χ3n) is 5.43. The lowest BCUT2D eigenvalue weighted by molar-refractivity contribution is 0.0322. The summed E-state index contributed by atoms with van der Waals surface area (Å²) in [4.78, 5) is 2.59. The molecule has 1 saturated carbocycles. The van der Waals surface area contributed by atoms with Crippen molar-refractivity contribution in [2.45, 2.75) is 89.8 Å². The van der Waals surface area contributed by atoms with Crippen molar-refractivity contribution in [1.29, 1.82) is 0 Å². The second-order valence-corrected chi connectivity index (χ2v) is 7.28. The minimum absolute atomic E-state index is 0.120. The van der Waals surface area contributed by atoms with E-state index in [1.54, 1.807) is 0 Å². The predicted molar refractivity (Wildman–Crippen MR) is 89.5 cm³/mol. The van der Waals surface area contributed by atoms with Crippen LogP contribution in [0, 0.1) is 5.92 Å². The standard InChI is InChI=1S/C18H36N2O/c1-3-5-11-20-13-15(18(21)4-2)12-17(14-20)19-16-9-7-6-8-10-16/h15-19,21H,3-14H2,1-2H3. The van der Waals surface area contributed by atoms with E-state index in [0.717, 1.165) is 25.4 Å². The highest BCUT2D eigenvalue weighted by molar-refractivity contribution is 4.88. The number of likely N-dealkylation sites (tertiary alicyclic amines) is 1. The molecule has 1 heterocycles. The summed E-state index contributed by atoms with van der Waals surface area (Å²) in [6, 6.07) is 1.32. The predicted octanol–water partition coefficient (Wildman–Crippen LogP) is 3.17. The largest absolute Gasteiger partial charge is 0.393 e. The van der Waals surface area contributed by atoms with Crippen LogP contribution < -0.4 is 5.32 Å². The molecule has 21 heavy (non-hydrogen) atoms. The summed E-state index contributed by atoms with van der Waals surface area (Å²) < 4.78 is 0. The van der Waals surface area contributed by atoms with Crippen LogP contribution in [0.15, 0.2) is 0 Å². The van der Waals surface area contributed by atoms with Gasteiger partial charge in [-0.05, 0) is 44.6 Å². The zero-order chi connectivity index (χ0) is 15.1. The van der Waals surface area contributed by atoms with Gasteiger partial charge < -0.3 is 15.3 Å². The maximum atomic E-state index is 10.3. The Morgan fingerprint density at radius 2 is 1.86 bits per heavy atom. The Morgan fingerprint density at radius 1 is 1.10 bits per heavy atom. The quantitative estimate of drug-likeness (QED) is 0.757. The summed E-state index contributed by atoms with van der Waals surface area (Å²) in [5, 5.41) is 14.2. The van der Waals surface area contributed by atoms with E-state index in [1.165, 1.54) is 58.0 Å². The number of hydrogen-bond donors (Lipinski definition) is 2. The molecule has 3 atom stereocenters. The molecule has 2 rings (SSSR count). The summed E-state index contributed by atoms with van der Waals surface area (Å²) in [6.07, 6.45) is 11.4. The van der Waals surface area contributed by atoms with Crippen molar-refractivity contribution in [3.8, 4) is 0 Å². The van der Waals surface area contributed by atoms with Gasteiger partial charge in [-0.1, -0.05) is 39.5 Å². The van der Waals surface area contributed by atoms with Gasteiger partial charge in [-0.3, -0.25) is 0 Å². The Labute approximate surface area is 131 Å². The molecule has 0 radical (unpaired) electrons. The summed E-state index contributed by atoms with van der Waals surface area (Å²) >= 11 is 0. The van der Waals surface area contributed by atoms with Crippen molar-refractivity contribution in [2.75, 3.05) is 19.6 Å². The third-order valence-corrected chi connectivity index (χ3v) is 5.43. The minimum atomic E-state index is -0.120. The van der Waals surface area contributed by atoms with Crippen molar-refractivity contribution in [2.24, 2.45) is 5.92 Å². The molecule has 0 aromatic rings. The second-order valence-electron chi connectivity index (χ2n) is 7.28. The third kappa shape index (κ3) is 5.54. The Balaban J connectivity index is 1.87. The zero-order valence-corrected chi connectivity index (χ0v) is 14.2. The molecular formula is C18H36N2O. The van der Waals surface area contributed by atoms with Gasteiger partial charge in [0.2, 0.25) is 0 Å². The van der Waals surface area contributed by atoms with Crippen LogP contribution in [0.2, 0.25) is 0 Å². The first-order valence-electron chi connectivity index (χ1n) is 9.39. The van der Waals surface area contributed by atoms with Crippen LogP contribution in [0.4, 0.5) is 0 Å². The first kappa shape index (κ1) is 17.2. The monoisotopic (exact) mass is 296 g/mol. The molecule has 2 fully saturated rings. The van der Waals surface area contributed by atoms with Crippen LogP contribution in [0.3, 0.4) is 0 Å². The molecule has 1 saturated heterocycles. The number of unbranched alkanes of at least 4 members (excludes halogenated alkanes) is 1. The van der Waals surface area contributed by atoms with Crippen LogP contribution in [0.25, 0.3) is 0 Å². The molecule has 3 nitrogen and oxygen atoms in total. The van der Waals surface area contributed by atoms with Crippen LogP contribution in [0.5, 0.6) is 0 Å². The summed E-state index contributed by atoms with van der Waals surface area (Å²) in [6.45, 7) is 7.85. The van der Waals surface area contributed by atoms with Crippen LogP contribution >= 0.6 is 0 Å². The lowest BCUT2D eigenvalue weighted by Gasteiger charge is -2.41. The van der Waals surface area contributed by atoms with Crippen molar-refractivity contribution < 1.29 is 5.11 Å². The van der Waals surface area contributed by atoms with Gasteiger partial charge in [0.1, 0.15) is 0 Å². The van der Waals surface area contributed by atoms with Gasteiger partial charge in [-0.15, -0.1) is 0 Å². The molecule has 2 N–H and O–H groups in total. The zero-order valence-electron chi connectivity index (χ0n) is 14.2.